The van der Waals surface area contributed by atoms with Gasteiger partial charge in [-0.05, 0) is 57.8 Å². The van der Waals surface area contributed by atoms with Crippen LogP contribution in [0.15, 0.2) is 29.2 Å². The summed E-state index contributed by atoms with van der Waals surface area (Å²) in [6, 6.07) is -1.66. The first-order chi connectivity index (χ1) is 20.8. The van der Waals surface area contributed by atoms with Gasteiger partial charge in [-0.1, -0.05) is 55.3 Å². The molecule has 3 fully saturated rings. The predicted molar refractivity (Wildman–Crippen MR) is 162 cm³/mol. The molecule has 244 valence electrons. The standard InChI is InChI=1S/C31H41Cl2F3N4O4/c1-3-44-29(43)30(2)11-9-20(10-12-30)39-27(31(34,35)36)21(14-37)28(42)40-17-19(18-7-5-4-6-8-18)13-24(40)26(41)25-22(32)15-38-16-23(25)33/h14-16,18-20,24,26,41H,3-13,17,37H2,1-2H3. The Morgan fingerprint density at radius 2 is 1.77 bits per heavy atom. The summed E-state index contributed by atoms with van der Waals surface area (Å²) in [7, 11) is 0. The minimum atomic E-state index is -4.98. The molecule has 1 aliphatic heterocycles. The fourth-order valence-corrected chi connectivity index (χ4v) is 7.63. The molecule has 13 heteroatoms. The average Bonchev–Trinajstić information content (AvgIpc) is 3.44. The monoisotopic (exact) mass is 660 g/mol. The molecule has 8 nitrogen and oxygen atoms in total. The van der Waals surface area contributed by atoms with Crippen LogP contribution in [0.2, 0.25) is 10.0 Å². The lowest BCUT2D eigenvalue weighted by Gasteiger charge is -2.34. The topological polar surface area (TPSA) is 118 Å². The van der Waals surface area contributed by atoms with Crippen molar-refractivity contribution in [3.05, 3.63) is 39.8 Å². The Hall–Kier alpha value is -2.37. The highest BCUT2D eigenvalue weighted by Crippen LogP contribution is 2.44. The molecular formula is C31H41Cl2F3N4O4. The van der Waals surface area contributed by atoms with Crippen LogP contribution in [0.3, 0.4) is 0 Å². The second kappa shape index (κ2) is 14.4. The first-order valence-corrected chi connectivity index (χ1v) is 16.1. The number of rotatable bonds is 8. The number of amides is 1. The first kappa shape index (κ1) is 34.5. The number of aliphatic hydroxyl groups excluding tert-OH is 1. The van der Waals surface area contributed by atoms with Crippen molar-refractivity contribution in [3.63, 3.8) is 0 Å². The number of alkyl halides is 3. The Morgan fingerprint density at radius 1 is 1.16 bits per heavy atom. The van der Waals surface area contributed by atoms with Gasteiger partial charge in [0, 0.05) is 30.7 Å². The summed E-state index contributed by atoms with van der Waals surface area (Å²) >= 11 is 12.7. The highest BCUT2D eigenvalue weighted by atomic mass is 35.5. The summed E-state index contributed by atoms with van der Waals surface area (Å²) < 4.78 is 48.9. The normalized spacial score (nSPS) is 28.2. The third kappa shape index (κ3) is 7.53. The molecule has 1 amide bonds. The molecule has 3 aliphatic rings. The summed E-state index contributed by atoms with van der Waals surface area (Å²) in [5.41, 5.74) is 2.99. The lowest BCUT2D eigenvalue weighted by molar-refractivity contribution is -0.156. The Balaban J connectivity index is 1.64. The number of aliphatic imine (C=N–C) groups is 1. The van der Waals surface area contributed by atoms with E-state index in [0.29, 0.717) is 25.5 Å². The number of aliphatic hydroxyl groups is 1. The number of esters is 1. The fourth-order valence-electron chi connectivity index (χ4n) is 7.04. The van der Waals surface area contributed by atoms with Crippen LogP contribution < -0.4 is 5.73 Å². The van der Waals surface area contributed by atoms with Gasteiger partial charge in [-0.3, -0.25) is 19.6 Å². The van der Waals surface area contributed by atoms with Crippen molar-refractivity contribution in [2.45, 2.75) is 102 Å². The van der Waals surface area contributed by atoms with E-state index in [1.807, 2.05) is 0 Å². The Bertz CT molecular complexity index is 1240. The number of ether oxygens (including phenoxy) is 1. The van der Waals surface area contributed by atoms with Crippen LogP contribution in [0, 0.1) is 17.3 Å². The van der Waals surface area contributed by atoms with Gasteiger partial charge in [0.25, 0.3) is 5.91 Å². The smallest absolute Gasteiger partial charge is 0.433 e. The van der Waals surface area contributed by atoms with Crippen LogP contribution in [0.5, 0.6) is 0 Å². The molecule has 3 N–H and O–H groups in total. The fraction of sp³-hybridized carbons (Fsp3) is 0.677. The molecule has 0 bridgehead atoms. The van der Waals surface area contributed by atoms with E-state index in [9.17, 15) is 27.9 Å². The number of likely N-dealkylation sites (tertiary alicyclic amines) is 1. The van der Waals surface area contributed by atoms with Crippen molar-refractivity contribution in [2.75, 3.05) is 13.2 Å². The Labute approximate surface area is 266 Å². The van der Waals surface area contributed by atoms with Gasteiger partial charge in [-0.15, -0.1) is 0 Å². The predicted octanol–water partition coefficient (Wildman–Crippen LogP) is 6.58. The number of hydrogen-bond acceptors (Lipinski definition) is 7. The van der Waals surface area contributed by atoms with E-state index in [-0.39, 0.29) is 59.4 Å². The molecule has 2 aliphatic carbocycles. The number of nitrogens with zero attached hydrogens (tertiary/aromatic N) is 3. The summed E-state index contributed by atoms with van der Waals surface area (Å²) in [6.07, 6.45) is 3.48. The highest BCUT2D eigenvalue weighted by Gasteiger charge is 2.48. The van der Waals surface area contributed by atoms with Crippen molar-refractivity contribution in [1.29, 1.82) is 0 Å². The molecule has 2 saturated carbocycles. The first-order valence-electron chi connectivity index (χ1n) is 15.3. The SMILES string of the molecule is CCOC(=O)C1(C)CCC(N=C(C(=CN)C(=O)N2CC(C3CCCCC3)CC2C(O)c2c(Cl)cncc2Cl)C(F)(F)F)CC1. The van der Waals surface area contributed by atoms with Crippen LogP contribution in [0.25, 0.3) is 0 Å². The largest absolute Gasteiger partial charge is 0.466 e. The Kier molecular flexibility index (Phi) is 11.3. The van der Waals surface area contributed by atoms with Crippen molar-refractivity contribution in [1.82, 2.24) is 9.88 Å². The van der Waals surface area contributed by atoms with E-state index in [2.05, 4.69) is 9.98 Å². The molecule has 0 aromatic carbocycles. The molecular weight excluding hydrogens is 620 g/mol. The van der Waals surface area contributed by atoms with Crippen molar-refractivity contribution in [2.24, 2.45) is 28.0 Å². The zero-order chi connectivity index (χ0) is 32.2. The molecule has 0 spiro atoms. The maximum atomic E-state index is 14.6. The van der Waals surface area contributed by atoms with Gasteiger partial charge in [0.15, 0.2) is 5.71 Å². The van der Waals surface area contributed by atoms with Crippen LogP contribution in [-0.2, 0) is 14.3 Å². The summed E-state index contributed by atoms with van der Waals surface area (Å²) in [5, 5.41) is 11.7. The minimum absolute atomic E-state index is 0.0255. The number of nitrogens with two attached hydrogens (primary N) is 1. The summed E-state index contributed by atoms with van der Waals surface area (Å²) in [4.78, 5) is 35.7. The van der Waals surface area contributed by atoms with E-state index in [1.54, 1.807) is 13.8 Å². The van der Waals surface area contributed by atoms with E-state index >= 15 is 0 Å². The van der Waals surface area contributed by atoms with E-state index in [4.69, 9.17) is 33.7 Å². The van der Waals surface area contributed by atoms with Crippen molar-refractivity contribution < 1.29 is 32.6 Å². The minimum Gasteiger partial charge on any atom is -0.466 e. The molecule has 3 unspecified atom stereocenters. The van der Waals surface area contributed by atoms with E-state index in [0.717, 1.165) is 32.1 Å². The van der Waals surface area contributed by atoms with Gasteiger partial charge in [0.1, 0.15) is 6.10 Å². The van der Waals surface area contributed by atoms with Gasteiger partial charge < -0.3 is 20.5 Å². The number of pyridine rings is 1. The number of carbonyl (C=O) groups excluding carboxylic acids is 2. The Morgan fingerprint density at radius 3 is 2.32 bits per heavy atom. The summed E-state index contributed by atoms with van der Waals surface area (Å²) in [5.74, 6) is -1.09. The molecule has 1 aromatic heterocycles. The maximum absolute atomic E-state index is 14.6. The van der Waals surface area contributed by atoms with Gasteiger partial charge in [0.2, 0.25) is 0 Å². The van der Waals surface area contributed by atoms with E-state index < -0.39 is 47.0 Å². The van der Waals surface area contributed by atoms with Crippen LogP contribution in [0.1, 0.15) is 89.7 Å². The lowest BCUT2D eigenvalue weighted by atomic mass is 9.74. The quantitative estimate of drug-likeness (QED) is 0.185. The molecule has 4 rings (SSSR count). The molecule has 44 heavy (non-hydrogen) atoms. The van der Waals surface area contributed by atoms with Crippen molar-refractivity contribution >= 4 is 40.8 Å². The molecule has 1 aromatic rings. The van der Waals surface area contributed by atoms with Gasteiger partial charge in [-0.25, -0.2) is 0 Å². The van der Waals surface area contributed by atoms with Crippen LogP contribution in [0.4, 0.5) is 13.2 Å². The zero-order valence-electron chi connectivity index (χ0n) is 25.1. The number of carbonyl (C=O) groups is 2. The lowest BCUT2D eigenvalue weighted by Crippen LogP contribution is -2.44. The number of aromatic nitrogens is 1. The van der Waals surface area contributed by atoms with E-state index in [1.165, 1.54) is 17.3 Å². The number of halogens is 5. The summed E-state index contributed by atoms with van der Waals surface area (Å²) in [6.45, 7) is 3.82. The average molecular weight is 662 g/mol. The molecule has 2 heterocycles. The molecule has 3 atom stereocenters. The second-order valence-electron chi connectivity index (χ2n) is 12.4. The highest BCUT2D eigenvalue weighted by molar-refractivity contribution is 6.35. The van der Waals surface area contributed by atoms with Gasteiger partial charge >= 0.3 is 12.1 Å². The third-order valence-corrected chi connectivity index (χ3v) is 10.2. The van der Waals surface area contributed by atoms with Crippen molar-refractivity contribution in [3.8, 4) is 0 Å². The maximum Gasteiger partial charge on any atom is 0.433 e. The van der Waals surface area contributed by atoms with Crippen LogP contribution >= 0.6 is 23.2 Å². The van der Waals surface area contributed by atoms with Crippen LogP contribution in [-0.4, -0.2) is 64.0 Å². The molecule has 1 saturated heterocycles. The van der Waals surface area contributed by atoms with Gasteiger partial charge in [0.05, 0.1) is 39.7 Å². The van der Waals surface area contributed by atoms with Gasteiger partial charge in [-0.2, -0.15) is 13.2 Å². The second-order valence-corrected chi connectivity index (χ2v) is 13.3. The third-order valence-electron chi connectivity index (χ3n) is 9.56. The number of hydrogen-bond donors (Lipinski definition) is 2. The zero-order valence-corrected chi connectivity index (χ0v) is 26.6. The molecule has 0 radical (unpaired) electrons.